The maximum Gasteiger partial charge on any atom is 0.395 e. The molecule has 5 rings (SSSR count). The highest BCUT2D eigenvalue weighted by molar-refractivity contribution is 6.09. The molecule has 1 amide bonds. The van der Waals surface area contributed by atoms with Gasteiger partial charge in [0.2, 0.25) is 6.41 Å². The summed E-state index contributed by atoms with van der Waals surface area (Å²) in [7, 11) is 0. The molecule has 1 N–H and O–H groups in total. The number of H-pyrrole nitrogens is 1. The Hall–Kier alpha value is -2.88. The van der Waals surface area contributed by atoms with Crippen LogP contribution in [0.15, 0.2) is 30.7 Å². The molecule has 0 saturated carbocycles. The topological polar surface area (TPSA) is 68.4 Å². The molecule has 0 spiro atoms. The minimum Gasteiger partial charge on any atom is -0.368 e. The van der Waals surface area contributed by atoms with E-state index in [0.29, 0.717) is 51.2 Å². The summed E-state index contributed by atoms with van der Waals surface area (Å²) in [4.78, 5) is 28.7. The number of halogens is 3. The van der Waals surface area contributed by atoms with E-state index in [-0.39, 0.29) is 6.42 Å². The van der Waals surface area contributed by atoms with Crippen molar-refractivity contribution in [1.82, 2.24) is 24.8 Å². The van der Waals surface area contributed by atoms with E-state index in [9.17, 15) is 18.0 Å². The lowest BCUT2D eigenvalue weighted by Crippen LogP contribution is -2.62. The van der Waals surface area contributed by atoms with Gasteiger partial charge < -0.3 is 14.8 Å². The van der Waals surface area contributed by atoms with Crippen molar-refractivity contribution in [3.8, 4) is 0 Å². The Balaban J connectivity index is 1.41. The Morgan fingerprint density at radius 1 is 1.10 bits per heavy atom. The summed E-state index contributed by atoms with van der Waals surface area (Å²) in [5.41, 5.74) is 2.57. The molecule has 0 aromatic carbocycles. The van der Waals surface area contributed by atoms with Gasteiger partial charge in [-0.15, -0.1) is 0 Å². The van der Waals surface area contributed by atoms with Crippen molar-refractivity contribution < 1.29 is 18.0 Å². The summed E-state index contributed by atoms with van der Waals surface area (Å²) in [5.74, 6) is -1.51. The summed E-state index contributed by atoms with van der Waals surface area (Å²) in [6.07, 6.45) is 1.09. The number of likely N-dealkylation sites (tertiary alicyclic amines) is 1. The summed E-state index contributed by atoms with van der Waals surface area (Å²) < 4.78 is 41.1. The van der Waals surface area contributed by atoms with E-state index in [1.165, 1.54) is 4.90 Å². The molecule has 3 aromatic heterocycles. The number of carbonyl (C=O) groups excluding carboxylic acids is 1. The van der Waals surface area contributed by atoms with Crippen LogP contribution < -0.4 is 4.90 Å². The van der Waals surface area contributed by atoms with E-state index in [1.807, 2.05) is 23.2 Å². The van der Waals surface area contributed by atoms with E-state index in [2.05, 4.69) is 19.9 Å². The lowest BCUT2D eigenvalue weighted by atomic mass is 9.92. The highest BCUT2D eigenvalue weighted by atomic mass is 19.4. The van der Waals surface area contributed by atoms with Crippen LogP contribution in [0, 0.1) is 5.92 Å². The average Bonchev–Trinajstić information content (AvgIpc) is 3.27. The second-order valence-corrected chi connectivity index (χ2v) is 8.16. The van der Waals surface area contributed by atoms with E-state index in [0.717, 1.165) is 22.0 Å². The lowest BCUT2D eigenvalue weighted by molar-refractivity contribution is -0.219. The van der Waals surface area contributed by atoms with Crippen LogP contribution in [0.2, 0.25) is 0 Å². The summed E-state index contributed by atoms with van der Waals surface area (Å²) in [5, 5.41) is 1.96. The zero-order chi connectivity index (χ0) is 21.6. The number of aromatic amines is 1. The number of hydrogen-bond donors (Lipinski definition) is 1. The summed E-state index contributed by atoms with van der Waals surface area (Å²) >= 11 is 0. The van der Waals surface area contributed by atoms with Crippen molar-refractivity contribution in [3.05, 3.63) is 30.7 Å². The third kappa shape index (κ3) is 3.48. The second-order valence-electron chi connectivity index (χ2n) is 8.16. The number of nitrogens with zero attached hydrogens (tertiary/aromatic N) is 5. The van der Waals surface area contributed by atoms with Gasteiger partial charge >= 0.3 is 6.18 Å². The number of hydrogen-bond acceptors (Lipinski definition) is 5. The monoisotopic (exact) mass is 432 g/mol. The Morgan fingerprint density at radius 3 is 2.65 bits per heavy atom. The van der Waals surface area contributed by atoms with Gasteiger partial charge in [-0.3, -0.25) is 9.69 Å². The van der Waals surface area contributed by atoms with Crippen LogP contribution in [0.3, 0.4) is 0 Å². The zero-order valence-electron chi connectivity index (χ0n) is 16.8. The van der Waals surface area contributed by atoms with Crippen LogP contribution in [0.4, 0.5) is 18.9 Å². The Labute approximate surface area is 176 Å². The number of piperazine rings is 1. The van der Waals surface area contributed by atoms with Crippen molar-refractivity contribution in [1.29, 1.82) is 0 Å². The standard InChI is InChI=1S/C21H23F3N6O/c22-21(23,24)15-2-1-7-30(13-31)20(15)29-10-8-28(9-11-29)17-4-6-25-16-12-27-19-14(18(16)17)3-5-26-19/h3-6,12-13,15,20,25H,1-2,7-11H2. The van der Waals surface area contributed by atoms with Crippen molar-refractivity contribution in [3.63, 3.8) is 0 Å². The van der Waals surface area contributed by atoms with Gasteiger partial charge in [-0.05, 0) is 25.0 Å². The van der Waals surface area contributed by atoms with Crippen molar-refractivity contribution >= 4 is 34.0 Å². The maximum atomic E-state index is 13.7. The van der Waals surface area contributed by atoms with Crippen LogP contribution in [-0.2, 0) is 4.79 Å². The first kappa shape index (κ1) is 20.0. The lowest BCUT2D eigenvalue weighted by Gasteiger charge is -2.48. The zero-order valence-corrected chi connectivity index (χ0v) is 16.8. The van der Waals surface area contributed by atoms with Crippen molar-refractivity contribution in [2.24, 2.45) is 5.92 Å². The quantitative estimate of drug-likeness (QED) is 0.645. The molecule has 2 fully saturated rings. The Morgan fingerprint density at radius 2 is 1.90 bits per heavy atom. The normalized spacial score (nSPS) is 23.6. The molecule has 2 atom stereocenters. The molecule has 3 aromatic rings. The number of carbonyl (C=O) groups is 1. The predicted molar refractivity (Wildman–Crippen MR) is 111 cm³/mol. The van der Waals surface area contributed by atoms with Crippen LogP contribution in [0.25, 0.3) is 21.9 Å². The van der Waals surface area contributed by atoms with Gasteiger partial charge in [0.1, 0.15) is 0 Å². The fourth-order valence-corrected chi connectivity index (χ4v) is 5.05. The van der Waals surface area contributed by atoms with Crippen LogP contribution in [0.5, 0.6) is 0 Å². The summed E-state index contributed by atoms with van der Waals surface area (Å²) in [6.45, 7) is 2.43. The number of aromatic nitrogens is 3. The smallest absolute Gasteiger partial charge is 0.368 e. The molecular formula is C21H23F3N6O. The molecule has 0 radical (unpaired) electrons. The second kappa shape index (κ2) is 7.67. The molecule has 5 heterocycles. The van der Waals surface area contributed by atoms with Gasteiger partial charge in [0.15, 0.2) is 5.65 Å². The number of nitrogens with one attached hydrogen (secondary N) is 1. The maximum absolute atomic E-state index is 13.7. The number of piperidine rings is 1. The molecule has 164 valence electrons. The number of alkyl halides is 3. The van der Waals surface area contributed by atoms with Gasteiger partial charge in [0.05, 0.1) is 23.8 Å². The predicted octanol–water partition coefficient (Wildman–Crippen LogP) is 2.99. The molecule has 2 saturated heterocycles. The molecule has 0 aliphatic carbocycles. The largest absolute Gasteiger partial charge is 0.395 e. The fourth-order valence-electron chi connectivity index (χ4n) is 5.05. The first-order valence-electron chi connectivity index (χ1n) is 10.4. The summed E-state index contributed by atoms with van der Waals surface area (Å²) in [6, 6.07) is 3.91. The minimum absolute atomic E-state index is 0.0624. The van der Waals surface area contributed by atoms with E-state index >= 15 is 0 Å². The highest BCUT2D eigenvalue weighted by Gasteiger charge is 2.50. The van der Waals surface area contributed by atoms with Gasteiger partial charge in [0, 0.05) is 61.6 Å². The molecule has 10 heteroatoms. The first-order chi connectivity index (χ1) is 15.0. The van der Waals surface area contributed by atoms with Crippen LogP contribution >= 0.6 is 0 Å². The number of amides is 1. The fraction of sp³-hybridized carbons (Fsp3) is 0.476. The van der Waals surface area contributed by atoms with E-state index < -0.39 is 18.3 Å². The molecular weight excluding hydrogens is 409 g/mol. The van der Waals surface area contributed by atoms with Gasteiger partial charge in [-0.2, -0.15) is 13.2 Å². The molecule has 2 aliphatic heterocycles. The van der Waals surface area contributed by atoms with Gasteiger partial charge in [-0.25, -0.2) is 9.97 Å². The SMILES string of the molecule is O=CN1CCCC(C(F)(F)F)C1N1CCN(c2cc[nH]c3cnc4nccc4c23)CC1. The number of fused-ring (bicyclic) bond motifs is 3. The molecule has 31 heavy (non-hydrogen) atoms. The third-order valence-electron chi connectivity index (χ3n) is 6.49. The third-order valence-corrected chi connectivity index (χ3v) is 6.49. The molecule has 0 bridgehead atoms. The van der Waals surface area contributed by atoms with Gasteiger partial charge in [-0.1, -0.05) is 0 Å². The van der Waals surface area contributed by atoms with E-state index in [4.69, 9.17) is 0 Å². The highest BCUT2D eigenvalue weighted by Crippen LogP contribution is 2.39. The number of pyridine rings is 2. The Kier molecular flexibility index (Phi) is 4.96. The van der Waals surface area contributed by atoms with Crippen molar-refractivity contribution in [2.75, 3.05) is 37.6 Å². The molecule has 2 unspecified atom stereocenters. The van der Waals surface area contributed by atoms with Crippen LogP contribution in [0.1, 0.15) is 12.8 Å². The minimum atomic E-state index is -4.32. The average molecular weight is 432 g/mol. The van der Waals surface area contributed by atoms with Gasteiger partial charge in [0.25, 0.3) is 0 Å². The number of anilines is 1. The molecule has 7 nitrogen and oxygen atoms in total. The molecule has 2 aliphatic rings. The number of rotatable bonds is 3. The first-order valence-corrected chi connectivity index (χ1v) is 10.4. The van der Waals surface area contributed by atoms with Crippen LogP contribution in [-0.4, -0.2) is 76.2 Å². The van der Waals surface area contributed by atoms with E-state index in [1.54, 1.807) is 12.4 Å². The Bertz CT molecular complexity index is 1090. The van der Waals surface area contributed by atoms with Crippen molar-refractivity contribution in [2.45, 2.75) is 25.2 Å².